The molecule has 20 heavy (non-hydrogen) atoms. The summed E-state index contributed by atoms with van der Waals surface area (Å²) < 4.78 is 1.93. The Kier molecular flexibility index (Phi) is 3.78. The van der Waals surface area contributed by atoms with E-state index in [0.29, 0.717) is 0 Å². The third-order valence-corrected chi connectivity index (χ3v) is 3.97. The van der Waals surface area contributed by atoms with Crippen LogP contribution in [-0.4, -0.2) is 14.8 Å². The molecule has 3 rings (SSSR count). The van der Waals surface area contributed by atoms with E-state index < -0.39 is 0 Å². The number of nitrogens with zero attached hydrogens (tertiary/aromatic N) is 3. The molecule has 0 aliphatic rings. The number of aromatic nitrogens is 3. The Morgan fingerprint density at radius 1 is 1.25 bits per heavy atom. The van der Waals surface area contributed by atoms with Gasteiger partial charge in [0.15, 0.2) is 0 Å². The lowest BCUT2D eigenvalue weighted by Crippen LogP contribution is -2.04. The van der Waals surface area contributed by atoms with Crippen LogP contribution in [0.4, 0.5) is 5.69 Å². The lowest BCUT2D eigenvalue weighted by molar-refractivity contribution is 0.724. The summed E-state index contributed by atoms with van der Waals surface area (Å²) in [4.78, 5) is 4.28. The molecule has 2 aromatic heterocycles. The van der Waals surface area contributed by atoms with Gasteiger partial charge in [0, 0.05) is 25.0 Å². The molecule has 0 aliphatic heterocycles. The third-order valence-electron chi connectivity index (χ3n) is 3.19. The molecule has 0 aliphatic carbocycles. The van der Waals surface area contributed by atoms with Crippen LogP contribution in [0.1, 0.15) is 16.3 Å². The first-order valence-electron chi connectivity index (χ1n) is 6.50. The van der Waals surface area contributed by atoms with Gasteiger partial charge in [-0.15, -0.1) is 11.3 Å². The first-order chi connectivity index (χ1) is 9.83. The van der Waals surface area contributed by atoms with Crippen LogP contribution in [0.3, 0.4) is 0 Å². The maximum absolute atomic E-state index is 4.35. The minimum atomic E-state index is 0.741. The largest absolute Gasteiger partial charge is 0.376 e. The molecular formula is C15H16N4S. The lowest BCUT2D eigenvalue weighted by atomic mass is 10.1. The predicted octanol–water partition coefficient (Wildman–Crippen LogP) is 3.08. The Hall–Kier alpha value is -2.14. The van der Waals surface area contributed by atoms with Crippen LogP contribution in [0.15, 0.2) is 48.1 Å². The minimum absolute atomic E-state index is 0.741. The van der Waals surface area contributed by atoms with E-state index in [4.69, 9.17) is 0 Å². The van der Waals surface area contributed by atoms with Crippen LogP contribution in [0.5, 0.6) is 0 Å². The van der Waals surface area contributed by atoms with Crippen LogP contribution < -0.4 is 5.32 Å². The molecular weight excluding hydrogens is 268 g/mol. The van der Waals surface area contributed by atoms with Gasteiger partial charge in [-0.25, -0.2) is 4.98 Å². The van der Waals surface area contributed by atoms with Gasteiger partial charge < -0.3 is 5.32 Å². The number of rotatable bonds is 5. The quantitative estimate of drug-likeness (QED) is 0.783. The van der Waals surface area contributed by atoms with Gasteiger partial charge in [-0.3, -0.25) is 4.68 Å². The monoisotopic (exact) mass is 284 g/mol. The molecule has 0 saturated heterocycles. The van der Waals surface area contributed by atoms with Gasteiger partial charge in [-0.2, -0.15) is 5.10 Å². The van der Waals surface area contributed by atoms with Crippen LogP contribution in [-0.2, 0) is 20.0 Å². The van der Waals surface area contributed by atoms with E-state index in [2.05, 4.69) is 39.7 Å². The van der Waals surface area contributed by atoms with Crippen LogP contribution >= 0.6 is 11.3 Å². The molecule has 3 aromatic rings. The second-order valence-corrected chi connectivity index (χ2v) is 5.55. The summed E-state index contributed by atoms with van der Waals surface area (Å²) in [5.41, 5.74) is 3.55. The fourth-order valence-corrected chi connectivity index (χ4v) is 2.68. The lowest BCUT2D eigenvalue weighted by Gasteiger charge is -2.08. The van der Waals surface area contributed by atoms with Gasteiger partial charge in [0.25, 0.3) is 0 Å². The molecule has 0 atom stereocenters. The van der Waals surface area contributed by atoms with Crippen molar-refractivity contribution in [1.29, 1.82) is 0 Å². The van der Waals surface area contributed by atoms with Crippen LogP contribution in [0.2, 0.25) is 0 Å². The third kappa shape index (κ3) is 2.88. The summed E-state index contributed by atoms with van der Waals surface area (Å²) in [5.74, 6) is 0. The van der Waals surface area contributed by atoms with Crippen molar-refractivity contribution >= 4 is 17.0 Å². The maximum Gasteiger partial charge on any atom is 0.112 e. The zero-order valence-electron chi connectivity index (χ0n) is 11.3. The van der Waals surface area contributed by atoms with Crippen molar-refractivity contribution in [2.45, 2.75) is 13.0 Å². The Balaban J connectivity index is 1.75. The highest BCUT2D eigenvalue weighted by Gasteiger charge is 2.09. The topological polar surface area (TPSA) is 42.7 Å². The minimum Gasteiger partial charge on any atom is -0.376 e. The molecule has 1 aromatic carbocycles. The van der Waals surface area contributed by atoms with E-state index in [0.717, 1.165) is 23.7 Å². The highest BCUT2D eigenvalue weighted by atomic mass is 32.1. The van der Waals surface area contributed by atoms with E-state index in [1.54, 1.807) is 11.3 Å². The van der Waals surface area contributed by atoms with E-state index in [1.165, 1.54) is 11.3 Å². The molecule has 0 bridgehead atoms. The van der Waals surface area contributed by atoms with E-state index in [-0.39, 0.29) is 0 Å². The van der Waals surface area contributed by atoms with Crippen molar-refractivity contribution in [1.82, 2.24) is 14.8 Å². The molecule has 0 amide bonds. The number of thiazole rings is 1. The molecule has 1 N–H and O–H groups in total. The van der Waals surface area contributed by atoms with Crippen molar-refractivity contribution in [2.24, 2.45) is 7.05 Å². The summed E-state index contributed by atoms with van der Waals surface area (Å²) in [6, 6.07) is 10.4. The summed E-state index contributed by atoms with van der Waals surface area (Å²) in [6.45, 7) is 0.741. The maximum atomic E-state index is 4.35. The second kappa shape index (κ2) is 5.88. The first-order valence-corrected chi connectivity index (χ1v) is 7.38. The molecule has 0 saturated carbocycles. The van der Waals surface area contributed by atoms with Gasteiger partial charge in [-0.05, 0) is 5.56 Å². The molecule has 0 radical (unpaired) electrons. The summed E-state index contributed by atoms with van der Waals surface area (Å²) in [7, 11) is 1.98. The Labute approximate surface area is 122 Å². The van der Waals surface area contributed by atoms with E-state index >= 15 is 0 Å². The number of hydrogen-bond donors (Lipinski definition) is 1. The van der Waals surface area contributed by atoms with Gasteiger partial charge in [0.05, 0.1) is 24.1 Å². The molecule has 5 heteroatoms. The van der Waals surface area contributed by atoms with E-state index in [9.17, 15) is 0 Å². The zero-order valence-corrected chi connectivity index (χ0v) is 12.1. The van der Waals surface area contributed by atoms with E-state index in [1.807, 2.05) is 35.6 Å². The van der Waals surface area contributed by atoms with Gasteiger partial charge in [0.1, 0.15) is 5.01 Å². The zero-order chi connectivity index (χ0) is 13.8. The Morgan fingerprint density at radius 3 is 2.85 bits per heavy atom. The Bertz CT molecular complexity index is 659. The molecule has 2 heterocycles. The van der Waals surface area contributed by atoms with Gasteiger partial charge in [-0.1, -0.05) is 30.3 Å². The SMILES string of the molecule is Cn1ncc(NCc2nccs2)c1Cc1ccccc1. The van der Waals surface area contributed by atoms with Crippen LogP contribution in [0.25, 0.3) is 0 Å². The number of hydrogen-bond acceptors (Lipinski definition) is 4. The molecule has 0 spiro atoms. The predicted molar refractivity (Wildman–Crippen MR) is 81.9 cm³/mol. The van der Waals surface area contributed by atoms with Gasteiger partial charge >= 0.3 is 0 Å². The fourth-order valence-electron chi connectivity index (χ4n) is 2.12. The number of anilines is 1. The number of benzene rings is 1. The highest BCUT2D eigenvalue weighted by molar-refractivity contribution is 7.09. The van der Waals surface area contributed by atoms with Crippen molar-refractivity contribution in [3.05, 3.63) is 64.4 Å². The smallest absolute Gasteiger partial charge is 0.112 e. The highest BCUT2D eigenvalue weighted by Crippen LogP contribution is 2.19. The molecule has 102 valence electrons. The van der Waals surface area contributed by atoms with Crippen molar-refractivity contribution < 1.29 is 0 Å². The average molecular weight is 284 g/mol. The van der Waals surface area contributed by atoms with Crippen molar-refractivity contribution in [3.63, 3.8) is 0 Å². The first kappa shape index (κ1) is 12.9. The van der Waals surface area contributed by atoms with Crippen LogP contribution in [0, 0.1) is 0 Å². The Morgan fingerprint density at radius 2 is 2.10 bits per heavy atom. The van der Waals surface area contributed by atoms with Crippen molar-refractivity contribution in [2.75, 3.05) is 5.32 Å². The normalized spacial score (nSPS) is 10.7. The van der Waals surface area contributed by atoms with Crippen molar-refractivity contribution in [3.8, 4) is 0 Å². The average Bonchev–Trinajstić information content (AvgIpc) is 3.10. The van der Waals surface area contributed by atoms with Gasteiger partial charge in [0.2, 0.25) is 0 Å². The second-order valence-electron chi connectivity index (χ2n) is 4.57. The molecule has 0 unspecified atom stereocenters. The standard InChI is InChI=1S/C15H16N4S/c1-19-14(9-12-5-3-2-4-6-12)13(10-18-19)17-11-15-16-7-8-20-15/h2-8,10,17H,9,11H2,1H3. The molecule has 4 nitrogen and oxygen atoms in total. The fraction of sp³-hybridized carbons (Fsp3) is 0.200. The number of aryl methyl sites for hydroxylation is 1. The molecule has 0 fully saturated rings. The summed E-state index contributed by atoms with van der Waals surface area (Å²) in [6.07, 6.45) is 4.58. The summed E-state index contributed by atoms with van der Waals surface area (Å²) >= 11 is 1.66. The summed E-state index contributed by atoms with van der Waals surface area (Å²) in [5, 5.41) is 10.8. The number of nitrogens with one attached hydrogen (secondary N) is 1.